The summed E-state index contributed by atoms with van der Waals surface area (Å²) in [5.74, 6) is -0.239. The lowest BCUT2D eigenvalue weighted by atomic mass is 10.1. The lowest BCUT2D eigenvalue weighted by Gasteiger charge is -2.22. The first-order valence-electron chi connectivity index (χ1n) is 7.27. The minimum atomic E-state index is -0.416. The van der Waals surface area contributed by atoms with E-state index in [4.69, 9.17) is 14.2 Å². The van der Waals surface area contributed by atoms with E-state index in [1.807, 2.05) is 18.2 Å². The van der Waals surface area contributed by atoms with Crippen LogP contribution in [-0.2, 0) is 25.4 Å². The van der Waals surface area contributed by atoms with Gasteiger partial charge in [-0.05, 0) is 31.2 Å². The Kier molecular flexibility index (Phi) is 6.54. The van der Waals surface area contributed by atoms with Crippen molar-refractivity contribution in [1.29, 1.82) is 0 Å². The first-order chi connectivity index (χ1) is 9.84. The van der Waals surface area contributed by atoms with Crippen molar-refractivity contribution in [3.8, 4) is 0 Å². The number of ether oxygens (including phenoxy) is 3. The first kappa shape index (κ1) is 15.0. The van der Waals surface area contributed by atoms with E-state index in [1.165, 1.54) is 5.56 Å². The van der Waals surface area contributed by atoms with Crippen LogP contribution in [0.25, 0.3) is 0 Å². The minimum Gasteiger partial charge on any atom is -0.466 e. The average molecular weight is 278 g/mol. The molecule has 0 amide bonds. The standard InChI is InChI=1S/C16H22O4/c17-15(13-16-19-11-6-12-20-16)18-10-5-4-9-14-7-2-1-3-8-14/h1-3,7-8,16H,4-6,9-13H2. The average Bonchev–Trinajstić information content (AvgIpc) is 2.49. The maximum atomic E-state index is 11.6. The summed E-state index contributed by atoms with van der Waals surface area (Å²) in [6.07, 6.45) is 3.60. The van der Waals surface area contributed by atoms with Gasteiger partial charge >= 0.3 is 5.97 Å². The van der Waals surface area contributed by atoms with Gasteiger partial charge in [0.05, 0.1) is 26.2 Å². The van der Waals surface area contributed by atoms with Gasteiger partial charge in [0.25, 0.3) is 0 Å². The highest BCUT2D eigenvalue weighted by Gasteiger charge is 2.18. The molecular formula is C16H22O4. The molecule has 110 valence electrons. The third kappa shape index (κ3) is 5.72. The van der Waals surface area contributed by atoms with Gasteiger partial charge in [-0.3, -0.25) is 4.79 Å². The zero-order valence-electron chi connectivity index (χ0n) is 11.8. The molecule has 0 unspecified atom stereocenters. The normalized spacial score (nSPS) is 16.0. The van der Waals surface area contributed by atoms with Gasteiger partial charge in [-0.2, -0.15) is 0 Å². The number of benzene rings is 1. The Labute approximate surface area is 120 Å². The van der Waals surface area contributed by atoms with Crippen LogP contribution in [0.15, 0.2) is 30.3 Å². The molecule has 0 bridgehead atoms. The van der Waals surface area contributed by atoms with Crippen molar-refractivity contribution in [3.05, 3.63) is 35.9 Å². The lowest BCUT2D eigenvalue weighted by molar-refractivity contribution is -0.191. The molecule has 4 nitrogen and oxygen atoms in total. The third-order valence-electron chi connectivity index (χ3n) is 3.20. The number of aryl methyl sites for hydroxylation is 1. The fourth-order valence-electron chi connectivity index (χ4n) is 2.11. The highest BCUT2D eigenvalue weighted by atomic mass is 16.7. The van der Waals surface area contributed by atoms with E-state index in [0.717, 1.165) is 25.7 Å². The predicted octanol–water partition coefficient (Wildman–Crippen LogP) is 2.71. The summed E-state index contributed by atoms with van der Waals surface area (Å²) < 4.78 is 15.8. The van der Waals surface area contributed by atoms with Crippen LogP contribution in [0.2, 0.25) is 0 Å². The van der Waals surface area contributed by atoms with Crippen molar-refractivity contribution in [2.24, 2.45) is 0 Å². The molecule has 4 heteroatoms. The number of hydrogen-bond acceptors (Lipinski definition) is 4. The summed E-state index contributed by atoms with van der Waals surface area (Å²) in [4.78, 5) is 11.6. The highest BCUT2D eigenvalue weighted by molar-refractivity contribution is 5.69. The van der Waals surface area contributed by atoms with Crippen LogP contribution >= 0.6 is 0 Å². The van der Waals surface area contributed by atoms with Gasteiger partial charge < -0.3 is 14.2 Å². The molecule has 2 rings (SSSR count). The molecule has 20 heavy (non-hydrogen) atoms. The third-order valence-corrected chi connectivity index (χ3v) is 3.20. The summed E-state index contributed by atoms with van der Waals surface area (Å²) in [6.45, 7) is 1.79. The van der Waals surface area contributed by atoms with E-state index in [0.29, 0.717) is 19.8 Å². The van der Waals surface area contributed by atoms with E-state index >= 15 is 0 Å². The van der Waals surface area contributed by atoms with Crippen molar-refractivity contribution in [2.45, 2.75) is 38.4 Å². The summed E-state index contributed by atoms with van der Waals surface area (Å²) in [5, 5.41) is 0. The lowest BCUT2D eigenvalue weighted by Crippen LogP contribution is -2.28. The van der Waals surface area contributed by atoms with Crippen molar-refractivity contribution in [2.75, 3.05) is 19.8 Å². The summed E-state index contributed by atoms with van der Waals surface area (Å²) in [6, 6.07) is 10.3. The maximum absolute atomic E-state index is 11.6. The number of carbonyl (C=O) groups excluding carboxylic acids is 1. The van der Waals surface area contributed by atoms with Crippen molar-refractivity contribution in [1.82, 2.24) is 0 Å². The van der Waals surface area contributed by atoms with Crippen LogP contribution in [0.1, 0.15) is 31.2 Å². The van der Waals surface area contributed by atoms with Crippen LogP contribution in [0, 0.1) is 0 Å². The molecule has 1 aromatic rings. The van der Waals surface area contributed by atoms with E-state index in [2.05, 4.69) is 12.1 Å². The second-order valence-electron chi connectivity index (χ2n) is 4.89. The molecule has 1 heterocycles. The van der Waals surface area contributed by atoms with Gasteiger partial charge in [0.1, 0.15) is 0 Å². The summed E-state index contributed by atoms with van der Waals surface area (Å²) >= 11 is 0. The van der Waals surface area contributed by atoms with Crippen LogP contribution < -0.4 is 0 Å². The number of unbranched alkanes of at least 4 members (excludes halogenated alkanes) is 1. The summed E-state index contributed by atoms with van der Waals surface area (Å²) in [5.41, 5.74) is 1.32. The Hall–Kier alpha value is -1.39. The highest BCUT2D eigenvalue weighted by Crippen LogP contribution is 2.10. The Morgan fingerprint density at radius 2 is 1.90 bits per heavy atom. The fourth-order valence-corrected chi connectivity index (χ4v) is 2.11. The molecule has 0 spiro atoms. The molecule has 1 fully saturated rings. The maximum Gasteiger partial charge on any atom is 0.310 e. The zero-order chi connectivity index (χ0) is 14.0. The molecule has 0 radical (unpaired) electrons. The molecule has 1 aliphatic heterocycles. The topological polar surface area (TPSA) is 44.8 Å². The number of rotatable bonds is 7. The Balaban J connectivity index is 1.51. The van der Waals surface area contributed by atoms with Gasteiger partial charge in [0.2, 0.25) is 0 Å². The molecule has 1 saturated heterocycles. The molecule has 0 aliphatic carbocycles. The quantitative estimate of drug-likeness (QED) is 0.568. The molecule has 0 N–H and O–H groups in total. The van der Waals surface area contributed by atoms with Crippen molar-refractivity contribution >= 4 is 5.97 Å². The van der Waals surface area contributed by atoms with Crippen LogP contribution in [0.3, 0.4) is 0 Å². The van der Waals surface area contributed by atoms with Crippen LogP contribution in [0.4, 0.5) is 0 Å². The first-order valence-corrected chi connectivity index (χ1v) is 7.27. The van der Waals surface area contributed by atoms with Gasteiger partial charge in [-0.25, -0.2) is 0 Å². The van der Waals surface area contributed by atoms with E-state index in [9.17, 15) is 4.79 Å². The molecule has 1 aromatic carbocycles. The molecular weight excluding hydrogens is 256 g/mol. The van der Waals surface area contributed by atoms with Crippen molar-refractivity contribution in [3.63, 3.8) is 0 Å². The molecule has 1 aliphatic rings. The summed E-state index contributed by atoms with van der Waals surface area (Å²) in [7, 11) is 0. The van der Waals surface area contributed by atoms with E-state index < -0.39 is 6.29 Å². The minimum absolute atomic E-state index is 0.193. The molecule has 0 aromatic heterocycles. The van der Waals surface area contributed by atoms with E-state index in [1.54, 1.807) is 0 Å². The van der Waals surface area contributed by atoms with Gasteiger partial charge in [0.15, 0.2) is 6.29 Å². The fraction of sp³-hybridized carbons (Fsp3) is 0.562. The number of esters is 1. The Morgan fingerprint density at radius 1 is 1.15 bits per heavy atom. The predicted molar refractivity (Wildman–Crippen MR) is 75.3 cm³/mol. The van der Waals surface area contributed by atoms with Crippen LogP contribution in [0.5, 0.6) is 0 Å². The largest absolute Gasteiger partial charge is 0.466 e. The second kappa shape index (κ2) is 8.72. The van der Waals surface area contributed by atoms with Gasteiger partial charge in [-0.15, -0.1) is 0 Å². The molecule has 0 saturated carbocycles. The number of hydrogen-bond donors (Lipinski definition) is 0. The van der Waals surface area contributed by atoms with Gasteiger partial charge in [-0.1, -0.05) is 30.3 Å². The van der Waals surface area contributed by atoms with E-state index in [-0.39, 0.29) is 12.4 Å². The second-order valence-corrected chi connectivity index (χ2v) is 4.89. The molecule has 0 atom stereocenters. The van der Waals surface area contributed by atoms with Gasteiger partial charge in [0, 0.05) is 0 Å². The number of carbonyl (C=O) groups is 1. The Bertz CT molecular complexity index is 385. The zero-order valence-corrected chi connectivity index (χ0v) is 11.8. The smallest absolute Gasteiger partial charge is 0.310 e. The SMILES string of the molecule is O=C(CC1OCCCO1)OCCCCc1ccccc1. The monoisotopic (exact) mass is 278 g/mol. The Morgan fingerprint density at radius 3 is 2.65 bits per heavy atom. The van der Waals surface area contributed by atoms with Crippen LogP contribution in [-0.4, -0.2) is 32.1 Å². The van der Waals surface area contributed by atoms with Crippen molar-refractivity contribution < 1.29 is 19.0 Å².